The Balaban J connectivity index is 1.65. The first-order valence-corrected chi connectivity index (χ1v) is 8.33. The number of nitrogens with two attached hydrogens (primary N) is 1. The summed E-state index contributed by atoms with van der Waals surface area (Å²) < 4.78 is 0. The van der Waals surface area contributed by atoms with Crippen molar-refractivity contribution in [1.82, 2.24) is 4.90 Å². The van der Waals surface area contributed by atoms with Gasteiger partial charge >= 0.3 is 0 Å². The lowest BCUT2D eigenvalue weighted by molar-refractivity contribution is 0.299. The summed E-state index contributed by atoms with van der Waals surface area (Å²) in [4.78, 5) is 2.25. The van der Waals surface area contributed by atoms with Crippen LogP contribution in [0.15, 0.2) is 49.0 Å². The molecule has 0 spiro atoms. The molecule has 1 aliphatic heterocycles. The van der Waals surface area contributed by atoms with Gasteiger partial charge in [0.25, 0.3) is 0 Å². The van der Waals surface area contributed by atoms with Gasteiger partial charge in [-0.1, -0.05) is 30.8 Å². The SMILES string of the molecule is C=C(c1ccc(O)c(O)c1)N1CCC(c2cccc(CN)c2)CC1. The molecule has 24 heavy (non-hydrogen) atoms. The molecular formula is C20H24N2O2. The number of hydrogen-bond acceptors (Lipinski definition) is 4. The van der Waals surface area contributed by atoms with Gasteiger partial charge in [0, 0.05) is 30.9 Å². The molecule has 4 nitrogen and oxygen atoms in total. The first kappa shape index (κ1) is 16.4. The van der Waals surface area contributed by atoms with Crippen LogP contribution in [0, 0.1) is 0 Å². The van der Waals surface area contributed by atoms with Crippen LogP contribution in [0.5, 0.6) is 11.5 Å². The smallest absolute Gasteiger partial charge is 0.158 e. The molecule has 4 N–H and O–H groups in total. The summed E-state index contributed by atoms with van der Waals surface area (Å²) in [6.45, 7) is 6.60. The average Bonchev–Trinajstić information content (AvgIpc) is 2.63. The van der Waals surface area contributed by atoms with Gasteiger partial charge in [-0.05, 0) is 48.1 Å². The highest BCUT2D eigenvalue weighted by atomic mass is 16.3. The third-order valence-corrected chi connectivity index (χ3v) is 4.84. The Labute approximate surface area is 142 Å². The molecule has 1 aliphatic rings. The van der Waals surface area contributed by atoms with Gasteiger partial charge < -0.3 is 20.8 Å². The third kappa shape index (κ3) is 3.39. The molecule has 126 valence electrons. The highest BCUT2D eigenvalue weighted by Crippen LogP contribution is 2.33. The lowest BCUT2D eigenvalue weighted by Gasteiger charge is -2.35. The fourth-order valence-electron chi connectivity index (χ4n) is 3.34. The van der Waals surface area contributed by atoms with Crippen molar-refractivity contribution in [2.75, 3.05) is 13.1 Å². The van der Waals surface area contributed by atoms with Crippen molar-refractivity contribution < 1.29 is 10.2 Å². The molecule has 2 aromatic carbocycles. The minimum atomic E-state index is -0.109. The molecule has 0 aliphatic carbocycles. The predicted octanol–water partition coefficient (Wildman–Crippen LogP) is 3.41. The maximum absolute atomic E-state index is 9.67. The molecule has 1 saturated heterocycles. The number of nitrogens with zero attached hydrogens (tertiary/aromatic N) is 1. The van der Waals surface area contributed by atoms with Crippen molar-refractivity contribution in [2.24, 2.45) is 5.73 Å². The van der Waals surface area contributed by atoms with Crippen molar-refractivity contribution in [3.05, 3.63) is 65.7 Å². The molecule has 0 amide bonds. The Morgan fingerprint density at radius 2 is 1.83 bits per heavy atom. The van der Waals surface area contributed by atoms with Crippen LogP contribution in [0.25, 0.3) is 5.70 Å². The van der Waals surface area contributed by atoms with Crippen molar-refractivity contribution in [3.63, 3.8) is 0 Å². The average molecular weight is 324 g/mol. The first-order chi connectivity index (χ1) is 11.6. The molecule has 0 radical (unpaired) electrons. The van der Waals surface area contributed by atoms with Crippen molar-refractivity contribution in [2.45, 2.75) is 25.3 Å². The summed E-state index contributed by atoms with van der Waals surface area (Å²) >= 11 is 0. The van der Waals surface area contributed by atoms with Gasteiger partial charge in [0.05, 0.1) is 0 Å². The molecule has 0 unspecified atom stereocenters. The molecule has 3 rings (SSSR count). The number of piperidine rings is 1. The fraction of sp³-hybridized carbons (Fsp3) is 0.300. The molecule has 0 aromatic heterocycles. The fourth-order valence-corrected chi connectivity index (χ4v) is 3.34. The zero-order valence-electron chi connectivity index (χ0n) is 13.8. The maximum atomic E-state index is 9.67. The number of hydrogen-bond donors (Lipinski definition) is 3. The number of aromatic hydroxyl groups is 2. The highest BCUT2D eigenvalue weighted by Gasteiger charge is 2.22. The molecule has 0 bridgehead atoms. The Morgan fingerprint density at radius 3 is 2.50 bits per heavy atom. The van der Waals surface area contributed by atoms with E-state index in [0.717, 1.165) is 37.2 Å². The monoisotopic (exact) mass is 324 g/mol. The molecule has 4 heteroatoms. The van der Waals surface area contributed by atoms with E-state index in [2.05, 4.69) is 35.7 Å². The van der Waals surface area contributed by atoms with Gasteiger partial charge in [-0.25, -0.2) is 0 Å². The van der Waals surface area contributed by atoms with E-state index >= 15 is 0 Å². The zero-order chi connectivity index (χ0) is 17.1. The van der Waals surface area contributed by atoms with Gasteiger partial charge in [-0.3, -0.25) is 0 Å². The second-order valence-corrected chi connectivity index (χ2v) is 6.36. The largest absolute Gasteiger partial charge is 0.504 e. The van der Waals surface area contributed by atoms with Crippen LogP contribution in [0.4, 0.5) is 0 Å². The molecular weight excluding hydrogens is 300 g/mol. The van der Waals surface area contributed by atoms with E-state index in [0.29, 0.717) is 12.5 Å². The Bertz CT molecular complexity index is 734. The summed E-state index contributed by atoms with van der Waals surface area (Å²) in [5, 5.41) is 19.1. The van der Waals surface area contributed by atoms with Gasteiger partial charge in [0.1, 0.15) is 0 Å². The second-order valence-electron chi connectivity index (χ2n) is 6.36. The van der Waals surface area contributed by atoms with E-state index < -0.39 is 0 Å². The van der Waals surface area contributed by atoms with Crippen LogP contribution in [-0.4, -0.2) is 28.2 Å². The van der Waals surface area contributed by atoms with E-state index in [1.165, 1.54) is 17.2 Å². The van der Waals surface area contributed by atoms with Gasteiger partial charge in [-0.15, -0.1) is 0 Å². The molecule has 1 fully saturated rings. The van der Waals surface area contributed by atoms with E-state index in [-0.39, 0.29) is 11.5 Å². The zero-order valence-corrected chi connectivity index (χ0v) is 13.8. The van der Waals surface area contributed by atoms with Crippen LogP contribution in [-0.2, 0) is 6.54 Å². The van der Waals surface area contributed by atoms with Crippen LogP contribution in [0.2, 0.25) is 0 Å². The Morgan fingerprint density at radius 1 is 1.08 bits per heavy atom. The number of benzene rings is 2. The summed E-state index contributed by atoms with van der Waals surface area (Å²) in [6, 6.07) is 13.4. The van der Waals surface area contributed by atoms with Crippen molar-refractivity contribution in [3.8, 4) is 11.5 Å². The summed E-state index contributed by atoms with van der Waals surface area (Å²) in [5.74, 6) is 0.334. The lowest BCUT2D eigenvalue weighted by atomic mass is 9.88. The second kappa shape index (κ2) is 6.97. The normalized spacial score (nSPS) is 15.5. The number of likely N-dealkylation sites (tertiary alicyclic amines) is 1. The highest BCUT2D eigenvalue weighted by molar-refractivity contribution is 5.64. The predicted molar refractivity (Wildman–Crippen MR) is 96.7 cm³/mol. The van der Waals surface area contributed by atoms with Crippen LogP contribution >= 0.6 is 0 Å². The Kier molecular flexibility index (Phi) is 4.76. The number of rotatable bonds is 4. The van der Waals surface area contributed by atoms with Crippen LogP contribution < -0.4 is 5.73 Å². The number of phenolic OH excluding ortho intramolecular Hbond substituents is 2. The van der Waals surface area contributed by atoms with Gasteiger partial charge in [-0.2, -0.15) is 0 Å². The minimum Gasteiger partial charge on any atom is -0.504 e. The first-order valence-electron chi connectivity index (χ1n) is 8.33. The van der Waals surface area contributed by atoms with E-state index in [1.54, 1.807) is 12.1 Å². The molecule has 1 heterocycles. The lowest BCUT2D eigenvalue weighted by Crippen LogP contribution is -2.31. The molecule has 2 aromatic rings. The van der Waals surface area contributed by atoms with Crippen molar-refractivity contribution >= 4 is 5.70 Å². The topological polar surface area (TPSA) is 69.7 Å². The molecule has 0 atom stereocenters. The maximum Gasteiger partial charge on any atom is 0.158 e. The van der Waals surface area contributed by atoms with E-state index in [4.69, 9.17) is 5.73 Å². The van der Waals surface area contributed by atoms with Crippen LogP contribution in [0.3, 0.4) is 0 Å². The van der Waals surface area contributed by atoms with Gasteiger partial charge in [0.2, 0.25) is 0 Å². The van der Waals surface area contributed by atoms with Gasteiger partial charge in [0.15, 0.2) is 11.5 Å². The van der Waals surface area contributed by atoms with Crippen LogP contribution in [0.1, 0.15) is 35.4 Å². The summed E-state index contributed by atoms with van der Waals surface area (Å²) in [6.07, 6.45) is 2.13. The van der Waals surface area contributed by atoms with E-state index in [9.17, 15) is 10.2 Å². The quantitative estimate of drug-likeness (QED) is 0.754. The number of phenols is 2. The van der Waals surface area contributed by atoms with E-state index in [1.807, 2.05) is 0 Å². The third-order valence-electron chi connectivity index (χ3n) is 4.84. The van der Waals surface area contributed by atoms with Crippen molar-refractivity contribution in [1.29, 1.82) is 0 Å². The standard InChI is InChI=1S/C20H24N2O2/c1-14(17-5-6-19(23)20(24)12-17)22-9-7-16(8-10-22)18-4-2-3-15(11-18)13-21/h2-6,11-12,16,23-24H,1,7-10,13,21H2. The summed E-state index contributed by atoms with van der Waals surface area (Å²) in [5.41, 5.74) is 10.0. The molecule has 0 saturated carbocycles. The summed E-state index contributed by atoms with van der Waals surface area (Å²) in [7, 11) is 0. The minimum absolute atomic E-state index is 0.106. The Hall–Kier alpha value is -2.46.